The van der Waals surface area contributed by atoms with Crippen LogP contribution in [-0.2, 0) is 25.4 Å². The summed E-state index contributed by atoms with van der Waals surface area (Å²) in [7, 11) is 0. The van der Waals surface area contributed by atoms with Crippen LogP contribution in [0.15, 0.2) is 28.8 Å². The molecule has 0 saturated heterocycles. The van der Waals surface area contributed by atoms with Crippen LogP contribution < -0.4 is 0 Å². The molecule has 0 amide bonds. The lowest BCUT2D eigenvalue weighted by Crippen LogP contribution is -2.04. The average molecular weight is 270 g/mol. The Morgan fingerprint density at radius 2 is 1.79 bits per heavy atom. The molecule has 0 bridgehead atoms. The smallest absolute Gasteiger partial charge is 0.339 e. The van der Waals surface area contributed by atoms with Crippen LogP contribution in [0.5, 0.6) is 0 Å². The van der Waals surface area contributed by atoms with Gasteiger partial charge in [0.2, 0.25) is 5.89 Å². The van der Waals surface area contributed by atoms with E-state index >= 15 is 0 Å². The Morgan fingerprint density at radius 1 is 1.11 bits per heavy atom. The summed E-state index contributed by atoms with van der Waals surface area (Å²) in [6, 6.07) is 5.11. The maximum atomic E-state index is 12.4. The fraction of sp³-hybridized carbons (Fsp3) is 0.385. The molecule has 2 rings (SSSR count). The second-order valence-electron chi connectivity index (χ2n) is 4.15. The number of alkyl halides is 3. The van der Waals surface area contributed by atoms with E-state index in [-0.39, 0.29) is 0 Å². The van der Waals surface area contributed by atoms with Gasteiger partial charge in [0.05, 0.1) is 5.56 Å². The first-order valence-corrected chi connectivity index (χ1v) is 5.96. The lowest BCUT2D eigenvalue weighted by molar-refractivity contribution is -0.137. The molecule has 2 aromatic rings. The van der Waals surface area contributed by atoms with Crippen molar-refractivity contribution >= 4 is 0 Å². The molecule has 3 nitrogen and oxygen atoms in total. The summed E-state index contributed by atoms with van der Waals surface area (Å²) in [5, 5.41) is 3.76. The highest BCUT2D eigenvalue weighted by molar-refractivity contribution is 5.24. The molecule has 19 heavy (non-hydrogen) atoms. The average Bonchev–Trinajstić information content (AvgIpc) is 2.84. The van der Waals surface area contributed by atoms with Gasteiger partial charge in [0, 0.05) is 12.8 Å². The third kappa shape index (κ3) is 3.56. The maximum Gasteiger partial charge on any atom is 0.416 e. The van der Waals surface area contributed by atoms with Crippen molar-refractivity contribution in [2.24, 2.45) is 0 Å². The van der Waals surface area contributed by atoms with E-state index in [1.54, 1.807) is 0 Å². The van der Waals surface area contributed by atoms with Gasteiger partial charge in [-0.3, -0.25) is 0 Å². The van der Waals surface area contributed by atoms with Crippen LogP contribution in [0, 0.1) is 0 Å². The fourth-order valence-electron chi connectivity index (χ4n) is 1.65. The molecule has 1 aromatic heterocycles. The van der Waals surface area contributed by atoms with Gasteiger partial charge in [-0.25, -0.2) is 0 Å². The summed E-state index contributed by atoms with van der Waals surface area (Å²) in [5.41, 5.74) is 0.173. The topological polar surface area (TPSA) is 38.9 Å². The molecule has 0 spiro atoms. The summed E-state index contributed by atoms with van der Waals surface area (Å²) in [6.45, 7) is 1.92. The zero-order chi connectivity index (χ0) is 13.9. The predicted octanol–water partition coefficient (Wildman–Crippen LogP) is 3.44. The monoisotopic (exact) mass is 270 g/mol. The lowest BCUT2D eigenvalue weighted by atomic mass is 10.1. The van der Waals surface area contributed by atoms with Crippen molar-refractivity contribution in [2.75, 3.05) is 0 Å². The van der Waals surface area contributed by atoms with Crippen molar-refractivity contribution in [3.05, 3.63) is 47.1 Å². The highest BCUT2D eigenvalue weighted by Crippen LogP contribution is 2.29. The molecule has 0 aliphatic heterocycles. The van der Waals surface area contributed by atoms with E-state index < -0.39 is 11.7 Å². The number of hydrogen-bond donors (Lipinski definition) is 0. The molecular weight excluding hydrogens is 257 g/mol. The van der Waals surface area contributed by atoms with Gasteiger partial charge in [-0.1, -0.05) is 24.2 Å². The van der Waals surface area contributed by atoms with Gasteiger partial charge >= 0.3 is 6.18 Å². The van der Waals surface area contributed by atoms with Crippen molar-refractivity contribution in [2.45, 2.75) is 32.4 Å². The van der Waals surface area contributed by atoms with Gasteiger partial charge < -0.3 is 4.52 Å². The molecule has 0 aliphatic carbocycles. The normalized spacial score (nSPS) is 11.8. The zero-order valence-electron chi connectivity index (χ0n) is 10.4. The minimum absolute atomic E-state index is 0.511. The maximum absolute atomic E-state index is 12.4. The van der Waals surface area contributed by atoms with Gasteiger partial charge in [-0.15, -0.1) is 0 Å². The second-order valence-corrected chi connectivity index (χ2v) is 4.15. The standard InChI is InChI=1S/C13H13F3N2O/c1-2-11-17-12(19-18-11)8-5-9-3-6-10(7-4-9)13(14,15)16/h3-4,6-7H,2,5,8H2,1H3. The van der Waals surface area contributed by atoms with Crippen LogP contribution in [0.25, 0.3) is 0 Å². The van der Waals surface area contributed by atoms with Crippen LogP contribution in [0.2, 0.25) is 0 Å². The van der Waals surface area contributed by atoms with Gasteiger partial charge in [0.15, 0.2) is 5.82 Å². The Hall–Kier alpha value is -1.85. The molecule has 1 aromatic carbocycles. The first-order chi connectivity index (χ1) is 8.99. The van der Waals surface area contributed by atoms with Crippen LogP contribution >= 0.6 is 0 Å². The van der Waals surface area contributed by atoms with Gasteiger partial charge in [-0.2, -0.15) is 18.2 Å². The fourth-order valence-corrected chi connectivity index (χ4v) is 1.65. The highest BCUT2D eigenvalue weighted by atomic mass is 19.4. The van der Waals surface area contributed by atoms with E-state index in [1.807, 2.05) is 6.92 Å². The largest absolute Gasteiger partial charge is 0.416 e. The molecule has 0 atom stereocenters. The van der Waals surface area contributed by atoms with Gasteiger partial charge in [0.25, 0.3) is 0 Å². The van der Waals surface area contributed by atoms with Crippen LogP contribution in [0.4, 0.5) is 13.2 Å². The number of halogens is 3. The van der Waals surface area contributed by atoms with Crippen molar-refractivity contribution in [3.63, 3.8) is 0 Å². The van der Waals surface area contributed by atoms with E-state index in [0.29, 0.717) is 31.0 Å². The number of nitrogens with zero attached hydrogens (tertiary/aromatic N) is 2. The molecule has 6 heteroatoms. The molecule has 0 N–H and O–H groups in total. The van der Waals surface area contributed by atoms with Crippen LogP contribution in [0.1, 0.15) is 29.8 Å². The number of aryl methyl sites for hydroxylation is 3. The lowest BCUT2D eigenvalue weighted by Gasteiger charge is -2.06. The molecular formula is C13H13F3N2O. The minimum atomic E-state index is -4.29. The molecule has 0 fully saturated rings. The van der Waals surface area contributed by atoms with Gasteiger partial charge in [0.1, 0.15) is 0 Å². The molecule has 0 unspecified atom stereocenters. The molecule has 0 saturated carbocycles. The summed E-state index contributed by atoms with van der Waals surface area (Å²) >= 11 is 0. The van der Waals surface area contributed by atoms with Crippen LogP contribution in [-0.4, -0.2) is 10.1 Å². The van der Waals surface area contributed by atoms with Crippen molar-refractivity contribution in [1.82, 2.24) is 10.1 Å². The Labute approximate surface area is 108 Å². The molecule has 0 aliphatic rings. The van der Waals surface area contributed by atoms with Crippen molar-refractivity contribution in [1.29, 1.82) is 0 Å². The number of benzene rings is 1. The quantitative estimate of drug-likeness (QED) is 0.854. The van der Waals surface area contributed by atoms with E-state index in [2.05, 4.69) is 10.1 Å². The Bertz CT molecular complexity index is 532. The second kappa shape index (κ2) is 5.42. The Balaban J connectivity index is 1.96. The molecule has 1 heterocycles. The first kappa shape index (κ1) is 13.6. The number of aromatic nitrogens is 2. The van der Waals surface area contributed by atoms with Crippen molar-refractivity contribution in [3.8, 4) is 0 Å². The third-order valence-electron chi connectivity index (χ3n) is 2.74. The summed E-state index contributed by atoms with van der Waals surface area (Å²) < 4.78 is 42.2. The third-order valence-corrected chi connectivity index (χ3v) is 2.74. The summed E-state index contributed by atoms with van der Waals surface area (Å²) in [6.07, 6.45) is -2.49. The van der Waals surface area contributed by atoms with Crippen molar-refractivity contribution < 1.29 is 17.7 Å². The predicted molar refractivity (Wildman–Crippen MR) is 62.5 cm³/mol. The molecule has 0 radical (unpaired) electrons. The van der Waals surface area contributed by atoms with E-state index in [1.165, 1.54) is 12.1 Å². The number of rotatable bonds is 4. The van der Waals surface area contributed by atoms with E-state index in [0.717, 1.165) is 17.7 Å². The van der Waals surface area contributed by atoms with E-state index in [9.17, 15) is 13.2 Å². The SMILES string of the molecule is CCc1noc(CCc2ccc(C(F)(F)F)cc2)n1. The summed E-state index contributed by atoms with van der Waals surface area (Å²) in [5.74, 6) is 1.15. The zero-order valence-corrected chi connectivity index (χ0v) is 10.4. The first-order valence-electron chi connectivity index (χ1n) is 5.96. The minimum Gasteiger partial charge on any atom is -0.339 e. The number of hydrogen-bond acceptors (Lipinski definition) is 3. The molecule has 102 valence electrons. The Morgan fingerprint density at radius 3 is 2.32 bits per heavy atom. The van der Waals surface area contributed by atoms with Crippen LogP contribution in [0.3, 0.4) is 0 Å². The Kier molecular flexibility index (Phi) is 3.87. The van der Waals surface area contributed by atoms with Gasteiger partial charge in [-0.05, 0) is 24.1 Å². The summed E-state index contributed by atoms with van der Waals surface area (Å²) in [4.78, 5) is 4.14. The highest BCUT2D eigenvalue weighted by Gasteiger charge is 2.29. The van der Waals surface area contributed by atoms with E-state index in [4.69, 9.17) is 4.52 Å².